The minimum atomic E-state index is -0.0114. The van der Waals surface area contributed by atoms with Crippen LogP contribution in [-0.4, -0.2) is 19.6 Å². The summed E-state index contributed by atoms with van der Waals surface area (Å²) >= 11 is 0. The van der Waals surface area contributed by atoms with Gasteiger partial charge in [-0.05, 0) is 30.5 Å². The molecule has 0 saturated carbocycles. The van der Waals surface area contributed by atoms with E-state index in [4.69, 9.17) is 5.73 Å². The molecule has 2 aromatic heterocycles. The van der Waals surface area contributed by atoms with Crippen molar-refractivity contribution in [3.8, 4) is 5.69 Å². The summed E-state index contributed by atoms with van der Waals surface area (Å²) in [6.07, 6.45) is 9.57. The summed E-state index contributed by atoms with van der Waals surface area (Å²) in [5, 5.41) is 8.56. The molecule has 5 heteroatoms. The number of rotatable bonds is 5. The molecule has 2 N–H and O–H groups in total. The van der Waals surface area contributed by atoms with Gasteiger partial charge < -0.3 is 5.73 Å². The van der Waals surface area contributed by atoms with Crippen LogP contribution in [0.1, 0.15) is 23.6 Å². The predicted octanol–water partition coefficient (Wildman–Crippen LogP) is 2.24. The maximum Gasteiger partial charge on any atom is 0.0645 e. The van der Waals surface area contributed by atoms with E-state index in [0.717, 1.165) is 24.1 Å². The molecule has 3 rings (SSSR count). The molecule has 0 saturated heterocycles. The van der Waals surface area contributed by atoms with Crippen LogP contribution in [0.25, 0.3) is 5.69 Å². The first-order valence-corrected chi connectivity index (χ1v) is 7.05. The lowest BCUT2D eigenvalue weighted by molar-refractivity contribution is 0.650. The summed E-state index contributed by atoms with van der Waals surface area (Å²) in [5.41, 5.74) is 9.57. The molecular formula is C16H19N5. The van der Waals surface area contributed by atoms with E-state index in [1.54, 1.807) is 0 Å². The van der Waals surface area contributed by atoms with Gasteiger partial charge in [0.05, 0.1) is 18.1 Å². The lowest BCUT2D eigenvalue weighted by Crippen LogP contribution is -2.10. The smallest absolute Gasteiger partial charge is 0.0645 e. The maximum absolute atomic E-state index is 6.26. The molecule has 1 aromatic carbocycles. The number of nitrogens with two attached hydrogens (primary N) is 1. The van der Waals surface area contributed by atoms with E-state index in [9.17, 15) is 0 Å². The highest BCUT2D eigenvalue weighted by molar-refractivity contribution is 5.31. The molecule has 108 valence electrons. The summed E-state index contributed by atoms with van der Waals surface area (Å²) in [6, 6.07) is 10.0. The SMILES string of the molecule is Cn1cc(CCC(N)c2cnn(-c3ccccc3)c2)cn1. The summed E-state index contributed by atoms with van der Waals surface area (Å²) in [4.78, 5) is 0. The van der Waals surface area contributed by atoms with Crippen molar-refractivity contribution >= 4 is 0 Å². The van der Waals surface area contributed by atoms with Gasteiger partial charge in [0.15, 0.2) is 0 Å². The van der Waals surface area contributed by atoms with E-state index in [2.05, 4.69) is 10.2 Å². The zero-order valence-electron chi connectivity index (χ0n) is 12.1. The highest BCUT2D eigenvalue weighted by atomic mass is 15.3. The van der Waals surface area contributed by atoms with Gasteiger partial charge in [-0.15, -0.1) is 0 Å². The van der Waals surface area contributed by atoms with Gasteiger partial charge in [-0.25, -0.2) is 4.68 Å². The highest BCUT2D eigenvalue weighted by Gasteiger charge is 2.10. The number of nitrogens with zero attached hydrogens (tertiary/aromatic N) is 4. The number of para-hydroxylation sites is 1. The van der Waals surface area contributed by atoms with Crippen LogP contribution in [0.3, 0.4) is 0 Å². The lowest BCUT2D eigenvalue weighted by Gasteiger charge is -2.08. The summed E-state index contributed by atoms with van der Waals surface area (Å²) in [7, 11) is 1.92. The van der Waals surface area contributed by atoms with E-state index < -0.39 is 0 Å². The first-order valence-electron chi connectivity index (χ1n) is 7.05. The Balaban J connectivity index is 1.65. The maximum atomic E-state index is 6.26. The highest BCUT2D eigenvalue weighted by Crippen LogP contribution is 2.17. The van der Waals surface area contributed by atoms with Gasteiger partial charge in [0.1, 0.15) is 0 Å². The Hall–Kier alpha value is -2.40. The van der Waals surface area contributed by atoms with Crippen molar-refractivity contribution in [2.75, 3.05) is 0 Å². The Kier molecular flexibility index (Phi) is 3.83. The number of benzene rings is 1. The first-order chi connectivity index (χ1) is 10.2. The third kappa shape index (κ3) is 3.20. The number of aryl methyl sites for hydroxylation is 2. The van der Waals surface area contributed by atoms with E-state index in [0.29, 0.717) is 0 Å². The van der Waals surface area contributed by atoms with Crippen LogP contribution >= 0.6 is 0 Å². The molecule has 0 amide bonds. The van der Waals surface area contributed by atoms with Crippen molar-refractivity contribution in [3.05, 3.63) is 66.2 Å². The van der Waals surface area contributed by atoms with Crippen LogP contribution in [0.4, 0.5) is 0 Å². The van der Waals surface area contributed by atoms with E-state index in [-0.39, 0.29) is 6.04 Å². The molecule has 1 atom stereocenters. The molecule has 5 nitrogen and oxygen atoms in total. The van der Waals surface area contributed by atoms with Crippen molar-refractivity contribution in [2.24, 2.45) is 12.8 Å². The van der Waals surface area contributed by atoms with Gasteiger partial charge in [-0.1, -0.05) is 18.2 Å². The molecule has 0 fully saturated rings. The Morgan fingerprint density at radius 1 is 1.10 bits per heavy atom. The molecule has 0 aliphatic heterocycles. The Morgan fingerprint density at radius 3 is 2.62 bits per heavy atom. The fraction of sp³-hybridized carbons (Fsp3) is 0.250. The monoisotopic (exact) mass is 281 g/mol. The second-order valence-electron chi connectivity index (χ2n) is 5.22. The molecule has 0 aliphatic carbocycles. The average Bonchev–Trinajstić information content (AvgIpc) is 3.15. The van der Waals surface area contributed by atoms with E-state index >= 15 is 0 Å². The molecule has 2 heterocycles. The van der Waals surface area contributed by atoms with Gasteiger partial charge in [0.25, 0.3) is 0 Å². The number of hydrogen-bond acceptors (Lipinski definition) is 3. The lowest BCUT2D eigenvalue weighted by atomic mass is 10.0. The fourth-order valence-corrected chi connectivity index (χ4v) is 2.34. The number of aromatic nitrogens is 4. The van der Waals surface area contributed by atoms with Gasteiger partial charge in [0, 0.05) is 31.0 Å². The van der Waals surface area contributed by atoms with Crippen molar-refractivity contribution in [1.29, 1.82) is 0 Å². The van der Waals surface area contributed by atoms with Crippen molar-refractivity contribution in [2.45, 2.75) is 18.9 Å². The Bertz CT molecular complexity index is 698. The van der Waals surface area contributed by atoms with Crippen molar-refractivity contribution in [3.63, 3.8) is 0 Å². The third-order valence-corrected chi connectivity index (χ3v) is 3.55. The van der Waals surface area contributed by atoms with Gasteiger partial charge in [-0.2, -0.15) is 10.2 Å². The van der Waals surface area contributed by atoms with Crippen LogP contribution in [0.2, 0.25) is 0 Å². The minimum absolute atomic E-state index is 0.0114. The quantitative estimate of drug-likeness (QED) is 0.780. The van der Waals surface area contributed by atoms with Crippen LogP contribution < -0.4 is 5.73 Å². The summed E-state index contributed by atoms with van der Waals surface area (Å²) in [5.74, 6) is 0. The fourth-order valence-electron chi connectivity index (χ4n) is 2.34. The third-order valence-electron chi connectivity index (χ3n) is 3.55. The summed E-state index contributed by atoms with van der Waals surface area (Å²) < 4.78 is 3.67. The molecule has 0 aliphatic rings. The largest absolute Gasteiger partial charge is 0.324 e. The first kappa shape index (κ1) is 13.6. The average molecular weight is 281 g/mol. The minimum Gasteiger partial charge on any atom is -0.324 e. The normalized spacial score (nSPS) is 12.5. The number of hydrogen-bond donors (Lipinski definition) is 1. The van der Waals surface area contributed by atoms with Crippen molar-refractivity contribution in [1.82, 2.24) is 19.6 Å². The molecule has 0 spiro atoms. The van der Waals surface area contributed by atoms with Crippen LogP contribution in [0, 0.1) is 0 Å². The van der Waals surface area contributed by atoms with Crippen molar-refractivity contribution < 1.29 is 0 Å². The zero-order valence-corrected chi connectivity index (χ0v) is 12.1. The Morgan fingerprint density at radius 2 is 1.90 bits per heavy atom. The van der Waals surface area contributed by atoms with Crippen LogP contribution in [0.15, 0.2) is 55.1 Å². The van der Waals surface area contributed by atoms with Gasteiger partial charge in [0.2, 0.25) is 0 Å². The predicted molar refractivity (Wildman–Crippen MR) is 82.0 cm³/mol. The second-order valence-corrected chi connectivity index (χ2v) is 5.22. The molecule has 21 heavy (non-hydrogen) atoms. The molecule has 3 aromatic rings. The standard InChI is InChI=1S/C16H19N5/c1-20-11-13(9-18-20)7-8-16(17)14-10-19-21(12-14)15-5-3-2-4-6-15/h2-6,9-12,16H,7-8,17H2,1H3. The van der Waals surface area contributed by atoms with Gasteiger partial charge >= 0.3 is 0 Å². The molecular weight excluding hydrogens is 262 g/mol. The zero-order chi connectivity index (χ0) is 14.7. The molecule has 0 radical (unpaired) electrons. The molecule has 0 bridgehead atoms. The van der Waals surface area contributed by atoms with E-state index in [1.165, 1.54) is 5.56 Å². The topological polar surface area (TPSA) is 61.7 Å². The second kappa shape index (κ2) is 5.93. The molecule has 1 unspecified atom stereocenters. The van der Waals surface area contributed by atoms with Crippen LogP contribution in [-0.2, 0) is 13.5 Å². The summed E-state index contributed by atoms with van der Waals surface area (Å²) in [6.45, 7) is 0. The van der Waals surface area contributed by atoms with Crippen LogP contribution in [0.5, 0.6) is 0 Å². The van der Waals surface area contributed by atoms with Gasteiger partial charge in [-0.3, -0.25) is 4.68 Å². The Labute approximate surface area is 124 Å². The van der Waals surface area contributed by atoms with E-state index in [1.807, 2.05) is 71.5 Å².